The first-order valence-electron chi connectivity index (χ1n) is 12.1. The molecular formula is C26H33F2N3O2. The van der Waals surface area contributed by atoms with E-state index in [1.807, 2.05) is 11.9 Å². The molecule has 4 aliphatic rings. The van der Waals surface area contributed by atoms with Gasteiger partial charge in [-0.2, -0.15) is 0 Å². The van der Waals surface area contributed by atoms with E-state index in [2.05, 4.69) is 30.6 Å². The molecule has 3 saturated carbocycles. The van der Waals surface area contributed by atoms with E-state index in [1.54, 1.807) is 6.08 Å². The van der Waals surface area contributed by atoms with Crippen LogP contribution in [0.5, 0.6) is 0 Å². The number of rotatable bonds is 2. The molecule has 7 atom stereocenters. The number of fused-ring (bicyclic) bond motifs is 5. The topological polar surface area (TPSA) is 61.4 Å². The number of anilines is 1. The third-order valence-electron chi connectivity index (χ3n) is 9.61. The van der Waals surface area contributed by atoms with Crippen LogP contribution >= 0.6 is 0 Å². The molecule has 33 heavy (non-hydrogen) atoms. The summed E-state index contributed by atoms with van der Waals surface area (Å²) in [4.78, 5) is 26.9. The monoisotopic (exact) mass is 457 g/mol. The van der Waals surface area contributed by atoms with Crippen LogP contribution in [0.1, 0.15) is 52.4 Å². The highest BCUT2D eigenvalue weighted by Crippen LogP contribution is 2.63. The molecule has 0 bridgehead atoms. The highest BCUT2D eigenvalue weighted by atomic mass is 19.2. The maximum atomic E-state index is 13.5. The van der Waals surface area contributed by atoms with Crippen LogP contribution in [-0.4, -0.2) is 36.0 Å². The van der Waals surface area contributed by atoms with Crippen LogP contribution in [0.4, 0.5) is 19.3 Å². The number of hydrogen-bond acceptors (Lipinski definition) is 2. The van der Waals surface area contributed by atoms with Crippen molar-refractivity contribution >= 4 is 17.6 Å². The van der Waals surface area contributed by atoms with Crippen LogP contribution in [0.25, 0.3) is 0 Å². The molecule has 3 unspecified atom stereocenters. The second-order valence-corrected chi connectivity index (χ2v) is 11.0. The lowest BCUT2D eigenvalue weighted by Crippen LogP contribution is -2.60. The zero-order chi connectivity index (χ0) is 23.5. The zero-order valence-corrected chi connectivity index (χ0v) is 19.5. The zero-order valence-electron chi connectivity index (χ0n) is 19.5. The van der Waals surface area contributed by atoms with Crippen molar-refractivity contribution in [1.29, 1.82) is 0 Å². The molecule has 5 rings (SSSR count). The van der Waals surface area contributed by atoms with Gasteiger partial charge in [-0.3, -0.25) is 4.79 Å². The lowest BCUT2D eigenvalue weighted by atomic mass is 9.48. The lowest BCUT2D eigenvalue weighted by Gasteiger charge is -2.60. The minimum atomic E-state index is -0.979. The molecule has 5 nitrogen and oxygen atoms in total. The highest BCUT2D eigenvalue weighted by molar-refractivity contribution is 5.89. The smallest absolute Gasteiger partial charge is 0.319 e. The largest absolute Gasteiger partial charge is 0.338 e. The van der Waals surface area contributed by atoms with E-state index >= 15 is 0 Å². The third-order valence-corrected chi connectivity index (χ3v) is 9.61. The Bertz CT molecular complexity index is 1010. The van der Waals surface area contributed by atoms with Gasteiger partial charge < -0.3 is 15.5 Å². The predicted octanol–water partition coefficient (Wildman–Crippen LogP) is 5.09. The fraction of sp³-hybridized carbons (Fsp3) is 0.615. The Morgan fingerprint density at radius 3 is 2.61 bits per heavy atom. The van der Waals surface area contributed by atoms with Crippen molar-refractivity contribution in [2.45, 2.75) is 64.5 Å². The fourth-order valence-electron chi connectivity index (χ4n) is 7.87. The van der Waals surface area contributed by atoms with Crippen LogP contribution < -0.4 is 10.6 Å². The maximum Gasteiger partial charge on any atom is 0.319 e. The number of hydrogen-bond donors (Lipinski definition) is 2. The average Bonchev–Trinajstić information content (AvgIpc) is 3.10. The third kappa shape index (κ3) is 3.46. The minimum absolute atomic E-state index is 0.00243. The molecule has 3 aliphatic carbocycles. The Hall–Kier alpha value is -2.44. The molecule has 1 aromatic rings. The van der Waals surface area contributed by atoms with Crippen molar-refractivity contribution < 1.29 is 18.4 Å². The van der Waals surface area contributed by atoms with Gasteiger partial charge >= 0.3 is 6.03 Å². The molecule has 7 heteroatoms. The van der Waals surface area contributed by atoms with Gasteiger partial charge in [0.15, 0.2) is 11.6 Å². The van der Waals surface area contributed by atoms with Crippen LogP contribution in [0.15, 0.2) is 30.4 Å². The number of nitrogens with zero attached hydrogens (tertiary/aromatic N) is 1. The Labute approximate surface area is 194 Å². The first-order valence-corrected chi connectivity index (χ1v) is 12.1. The second-order valence-electron chi connectivity index (χ2n) is 11.0. The molecule has 0 spiro atoms. The molecule has 0 radical (unpaired) electrons. The van der Waals surface area contributed by atoms with E-state index in [-0.39, 0.29) is 40.5 Å². The van der Waals surface area contributed by atoms with Crippen LogP contribution in [0.2, 0.25) is 0 Å². The Kier molecular flexibility index (Phi) is 5.29. The van der Waals surface area contributed by atoms with Gasteiger partial charge in [-0.15, -0.1) is 0 Å². The Morgan fingerprint density at radius 2 is 1.85 bits per heavy atom. The summed E-state index contributed by atoms with van der Waals surface area (Å²) in [5.74, 6) is -0.163. The molecule has 2 N–H and O–H groups in total. The number of likely N-dealkylation sites (N-methyl/N-ethyl adjacent to an activating group) is 1. The van der Waals surface area contributed by atoms with Crippen LogP contribution in [-0.2, 0) is 4.79 Å². The number of amides is 3. The van der Waals surface area contributed by atoms with Crippen LogP contribution in [0, 0.1) is 40.2 Å². The van der Waals surface area contributed by atoms with Crippen molar-refractivity contribution in [3.05, 3.63) is 42.0 Å². The Morgan fingerprint density at radius 1 is 1.06 bits per heavy atom. The summed E-state index contributed by atoms with van der Waals surface area (Å²) < 4.78 is 26.7. The predicted molar refractivity (Wildman–Crippen MR) is 122 cm³/mol. The summed E-state index contributed by atoms with van der Waals surface area (Å²) >= 11 is 0. The van der Waals surface area contributed by atoms with Gasteiger partial charge in [-0.1, -0.05) is 19.9 Å². The average molecular weight is 458 g/mol. The molecule has 0 aromatic heterocycles. The summed E-state index contributed by atoms with van der Waals surface area (Å²) in [6, 6.07) is 3.31. The van der Waals surface area contributed by atoms with Gasteiger partial charge in [0.05, 0.1) is 0 Å². The lowest BCUT2D eigenvalue weighted by molar-refractivity contribution is -0.138. The summed E-state index contributed by atoms with van der Waals surface area (Å²) in [6.45, 7) is 4.64. The molecule has 3 fully saturated rings. The van der Waals surface area contributed by atoms with Gasteiger partial charge in [-0.25, -0.2) is 13.6 Å². The molecule has 3 amide bonds. The summed E-state index contributed by atoms with van der Waals surface area (Å²) in [5, 5.41) is 5.80. The molecule has 0 saturated heterocycles. The molecule has 1 heterocycles. The SMILES string of the molecule is CN1C(=O)C=C[C@]2(C)C3CC[C@@]4(C)C(CC[C@@H]4NC(=O)Nc4ccc(F)c(F)c4)C3CC[C@@H]12. The van der Waals surface area contributed by atoms with E-state index < -0.39 is 11.6 Å². The number of benzene rings is 1. The number of urea groups is 1. The summed E-state index contributed by atoms with van der Waals surface area (Å²) in [7, 11) is 1.93. The number of halogens is 2. The number of nitrogens with one attached hydrogen (secondary N) is 2. The normalized spacial score (nSPS) is 39.5. The quantitative estimate of drug-likeness (QED) is 0.650. The van der Waals surface area contributed by atoms with Gasteiger partial charge in [0.2, 0.25) is 5.91 Å². The van der Waals surface area contributed by atoms with Crippen molar-refractivity contribution in [3.8, 4) is 0 Å². The fourth-order valence-corrected chi connectivity index (χ4v) is 7.87. The molecule has 178 valence electrons. The second kappa shape index (κ2) is 7.81. The molecule has 1 aromatic carbocycles. The summed E-state index contributed by atoms with van der Waals surface area (Å²) in [5.41, 5.74) is 0.252. The van der Waals surface area contributed by atoms with E-state index in [0.717, 1.165) is 50.7 Å². The minimum Gasteiger partial charge on any atom is -0.338 e. The number of carbonyl (C=O) groups is 2. The van der Waals surface area contributed by atoms with Crippen molar-refractivity contribution in [2.24, 2.45) is 28.6 Å². The van der Waals surface area contributed by atoms with E-state index in [0.29, 0.717) is 17.8 Å². The number of carbonyl (C=O) groups excluding carboxylic acids is 2. The van der Waals surface area contributed by atoms with Gasteiger partial charge in [0.1, 0.15) is 0 Å². The van der Waals surface area contributed by atoms with Crippen molar-refractivity contribution in [2.75, 3.05) is 12.4 Å². The standard InChI is InChI=1S/C26H33F2N3O2/c1-25-12-10-18-16(5-9-22-26(18,2)13-11-23(32)31(22)3)17(25)6-8-21(25)30-24(33)29-15-4-7-19(27)20(28)14-15/h4,7,11,13-14,16-18,21-22H,5-6,8-10,12H2,1-3H3,(H2,29,30,33)/t16?,17?,18?,21-,22+,25-,26+/m0/s1. The first kappa shape index (κ1) is 22.4. The van der Waals surface area contributed by atoms with Gasteiger partial charge in [0.25, 0.3) is 0 Å². The summed E-state index contributed by atoms with van der Waals surface area (Å²) in [6.07, 6.45) is 10.2. The maximum absolute atomic E-state index is 13.5. The molecule has 1 aliphatic heterocycles. The van der Waals surface area contributed by atoms with Crippen molar-refractivity contribution in [1.82, 2.24) is 10.2 Å². The van der Waals surface area contributed by atoms with Gasteiger partial charge in [-0.05, 0) is 79.9 Å². The van der Waals surface area contributed by atoms with Gasteiger partial charge in [0, 0.05) is 36.3 Å². The highest BCUT2D eigenvalue weighted by Gasteiger charge is 2.60. The first-order chi connectivity index (χ1) is 15.6. The van der Waals surface area contributed by atoms with Crippen molar-refractivity contribution in [3.63, 3.8) is 0 Å². The Balaban J connectivity index is 1.30. The van der Waals surface area contributed by atoms with Crippen LogP contribution in [0.3, 0.4) is 0 Å². The molecular weight excluding hydrogens is 424 g/mol. The van der Waals surface area contributed by atoms with E-state index in [9.17, 15) is 18.4 Å². The van der Waals surface area contributed by atoms with E-state index in [4.69, 9.17) is 0 Å². The van der Waals surface area contributed by atoms with E-state index in [1.165, 1.54) is 6.07 Å².